The Morgan fingerprint density at radius 3 is 2.52 bits per heavy atom. The number of alkyl halides is 3. The molecule has 1 aliphatic heterocycles. The molecule has 2 heterocycles. The lowest BCUT2D eigenvalue weighted by Crippen LogP contribution is -2.46. The normalized spacial score (nSPS) is 16.1. The van der Waals surface area contributed by atoms with Crippen LogP contribution < -0.4 is 9.64 Å². The number of rotatable bonds is 4. The quantitative estimate of drug-likeness (QED) is 0.844. The molecule has 7 heteroatoms. The average Bonchev–Trinajstić information content (AvgIpc) is 2.62. The summed E-state index contributed by atoms with van der Waals surface area (Å²) in [5.41, 5.74) is 0.506. The smallest absolute Gasteiger partial charge is 0.433 e. The number of anilines is 1. The first kappa shape index (κ1) is 17.5. The number of ether oxygens (including phenoxy) is 1. The van der Waals surface area contributed by atoms with Crippen LogP contribution >= 0.6 is 0 Å². The predicted molar refractivity (Wildman–Crippen MR) is 89.7 cm³/mol. The van der Waals surface area contributed by atoms with Crippen LogP contribution in [0.2, 0.25) is 0 Å². The lowest BCUT2D eigenvalue weighted by molar-refractivity contribution is -0.142. The van der Waals surface area contributed by atoms with Crippen molar-refractivity contribution in [3.05, 3.63) is 53.9 Å². The highest BCUT2D eigenvalue weighted by Crippen LogP contribution is 2.31. The third-order valence-electron chi connectivity index (χ3n) is 4.34. The summed E-state index contributed by atoms with van der Waals surface area (Å²) in [6, 6.07) is 10.9. The fraction of sp³-hybridized carbons (Fsp3) is 0.389. The summed E-state index contributed by atoms with van der Waals surface area (Å²) in [7, 11) is 1.63. The summed E-state index contributed by atoms with van der Waals surface area (Å²) >= 11 is 0. The van der Waals surface area contributed by atoms with Gasteiger partial charge in [0.05, 0.1) is 7.11 Å². The molecule has 0 N–H and O–H groups in total. The average molecular weight is 351 g/mol. The lowest BCUT2D eigenvalue weighted by atomic mass is 10.1. The molecule has 0 amide bonds. The molecule has 1 aliphatic rings. The molecular formula is C18H20F3N3O. The van der Waals surface area contributed by atoms with Crippen molar-refractivity contribution < 1.29 is 17.9 Å². The van der Waals surface area contributed by atoms with Crippen LogP contribution in [0.3, 0.4) is 0 Å². The molecule has 25 heavy (non-hydrogen) atoms. The second-order valence-corrected chi connectivity index (χ2v) is 5.97. The van der Waals surface area contributed by atoms with Gasteiger partial charge in [-0.3, -0.25) is 9.88 Å². The number of aromatic nitrogens is 1. The Kier molecular flexibility index (Phi) is 5.13. The van der Waals surface area contributed by atoms with Gasteiger partial charge >= 0.3 is 6.18 Å². The Balaban J connectivity index is 1.64. The molecule has 1 aromatic heterocycles. The van der Waals surface area contributed by atoms with Crippen LogP contribution in [0.25, 0.3) is 0 Å². The van der Waals surface area contributed by atoms with Gasteiger partial charge < -0.3 is 9.64 Å². The molecule has 1 fully saturated rings. The Morgan fingerprint density at radius 1 is 1.08 bits per heavy atom. The summed E-state index contributed by atoms with van der Waals surface area (Å²) in [4.78, 5) is 7.77. The van der Waals surface area contributed by atoms with Crippen molar-refractivity contribution in [3.8, 4) is 5.75 Å². The van der Waals surface area contributed by atoms with E-state index in [-0.39, 0.29) is 12.1 Å². The van der Waals surface area contributed by atoms with Crippen LogP contribution in [0.1, 0.15) is 11.3 Å². The van der Waals surface area contributed by atoms with Crippen molar-refractivity contribution in [1.29, 1.82) is 0 Å². The van der Waals surface area contributed by atoms with Crippen LogP contribution in [-0.2, 0) is 12.7 Å². The second-order valence-electron chi connectivity index (χ2n) is 5.97. The Hall–Kier alpha value is -2.28. The number of halogens is 3. The van der Waals surface area contributed by atoms with Crippen LogP contribution in [0, 0.1) is 0 Å². The predicted octanol–water partition coefficient (Wildman–Crippen LogP) is 3.43. The summed E-state index contributed by atoms with van der Waals surface area (Å²) in [5, 5.41) is 0. The van der Waals surface area contributed by atoms with Crippen molar-refractivity contribution in [1.82, 2.24) is 9.88 Å². The van der Waals surface area contributed by atoms with Gasteiger partial charge in [0.2, 0.25) is 0 Å². The van der Waals surface area contributed by atoms with E-state index < -0.39 is 11.9 Å². The van der Waals surface area contributed by atoms with Crippen molar-refractivity contribution in [3.63, 3.8) is 0 Å². The monoisotopic (exact) mass is 351 g/mol. The van der Waals surface area contributed by atoms with Gasteiger partial charge in [0.25, 0.3) is 0 Å². The molecule has 0 aliphatic carbocycles. The van der Waals surface area contributed by atoms with Gasteiger partial charge in [-0.25, -0.2) is 0 Å². The minimum absolute atomic E-state index is 0.227. The molecular weight excluding hydrogens is 331 g/mol. The summed E-state index contributed by atoms with van der Waals surface area (Å²) < 4.78 is 44.4. The molecule has 1 saturated heterocycles. The van der Waals surface area contributed by atoms with Crippen LogP contribution in [0.15, 0.2) is 42.6 Å². The first-order valence-corrected chi connectivity index (χ1v) is 8.10. The molecule has 0 spiro atoms. The van der Waals surface area contributed by atoms with E-state index in [1.807, 2.05) is 29.2 Å². The number of hydrogen-bond donors (Lipinski definition) is 0. The summed E-state index contributed by atoms with van der Waals surface area (Å²) in [6.45, 7) is 3.17. The fourth-order valence-corrected chi connectivity index (χ4v) is 3.03. The van der Waals surface area contributed by atoms with Crippen molar-refractivity contribution >= 4 is 5.69 Å². The maximum absolute atomic E-state index is 13.1. The van der Waals surface area contributed by atoms with Crippen LogP contribution in [0.5, 0.6) is 5.75 Å². The fourth-order valence-electron chi connectivity index (χ4n) is 3.03. The minimum Gasteiger partial charge on any atom is -0.497 e. The van der Waals surface area contributed by atoms with E-state index in [0.717, 1.165) is 24.5 Å². The van der Waals surface area contributed by atoms with Crippen molar-refractivity contribution in [2.75, 3.05) is 38.2 Å². The molecule has 1 aromatic carbocycles. The lowest BCUT2D eigenvalue weighted by Gasteiger charge is -2.36. The van der Waals surface area contributed by atoms with Crippen LogP contribution in [0.4, 0.5) is 18.9 Å². The van der Waals surface area contributed by atoms with E-state index in [1.54, 1.807) is 13.2 Å². The zero-order valence-electron chi connectivity index (χ0n) is 14.0. The molecule has 4 nitrogen and oxygen atoms in total. The third kappa shape index (κ3) is 4.22. The first-order chi connectivity index (χ1) is 12.0. The van der Waals surface area contributed by atoms with Crippen molar-refractivity contribution in [2.45, 2.75) is 12.7 Å². The zero-order chi connectivity index (χ0) is 17.9. The molecule has 0 bridgehead atoms. The molecule has 2 aromatic rings. The highest BCUT2D eigenvalue weighted by Gasteiger charge is 2.35. The highest BCUT2D eigenvalue weighted by atomic mass is 19.4. The van der Waals surface area contributed by atoms with E-state index in [1.165, 1.54) is 12.3 Å². The maximum atomic E-state index is 13.1. The zero-order valence-corrected chi connectivity index (χ0v) is 14.0. The standard InChI is InChI=1S/C18H20F3N3O/c1-25-16-6-2-5-15(12-16)24-10-8-23(9-11-24)13-14-4-3-7-22-17(14)18(19,20)21/h2-7,12H,8-11,13H2,1H3. The molecule has 0 unspecified atom stereocenters. The SMILES string of the molecule is COc1cccc(N2CCN(Cc3cccnc3C(F)(F)F)CC2)c1. The number of piperazine rings is 1. The third-order valence-corrected chi connectivity index (χ3v) is 4.34. The number of benzene rings is 1. The van der Waals surface area contributed by atoms with Gasteiger partial charge in [-0.1, -0.05) is 12.1 Å². The molecule has 0 atom stereocenters. The molecule has 0 saturated carbocycles. The van der Waals surface area contributed by atoms with E-state index >= 15 is 0 Å². The number of hydrogen-bond acceptors (Lipinski definition) is 4. The Bertz CT molecular complexity index is 713. The molecule has 134 valence electrons. The molecule has 3 rings (SSSR count). The summed E-state index contributed by atoms with van der Waals surface area (Å²) in [5.74, 6) is 0.796. The number of pyridine rings is 1. The Labute approximate surface area is 144 Å². The number of methoxy groups -OCH3 is 1. The van der Waals surface area contributed by atoms with E-state index in [9.17, 15) is 13.2 Å². The number of nitrogens with zero attached hydrogens (tertiary/aromatic N) is 3. The maximum Gasteiger partial charge on any atom is 0.433 e. The van der Waals surface area contributed by atoms with Gasteiger partial charge in [-0.05, 0) is 23.8 Å². The van der Waals surface area contributed by atoms with Gasteiger partial charge in [-0.15, -0.1) is 0 Å². The van der Waals surface area contributed by atoms with E-state index in [2.05, 4.69) is 9.88 Å². The van der Waals surface area contributed by atoms with Gasteiger partial charge in [-0.2, -0.15) is 13.2 Å². The largest absolute Gasteiger partial charge is 0.497 e. The topological polar surface area (TPSA) is 28.6 Å². The Morgan fingerprint density at radius 2 is 1.84 bits per heavy atom. The van der Waals surface area contributed by atoms with E-state index in [0.29, 0.717) is 13.1 Å². The first-order valence-electron chi connectivity index (χ1n) is 8.10. The van der Waals surface area contributed by atoms with E-state index in [4.69, 9.17) is 4.74 Å². The van der Waals surface area contributed by atoms with Gasteiger partial charge in [0.15, 0.2) is 0 Å². The van der Waals surface area contributed by atoms with Crippen LogP contribution in [-0.4, -0.2) is 43.2 Å². The van der Waals surface area contributed by atoms with Gasteiger partial charge in [0.1, 0.15) is 11.4 Å². The second kappa shape index (κ2) is 7.31. The van der Waals surface area contributed by atoms with Crippen molar-refractivity contribution in [2.24, 2.45) is 0 Å². The van der Waals surface area contributed by atoms with Gasteiger partial charge in [0, 0.05) is 50.7 Å². The molecule has 0 radical (unpaired) electrons. The minimum atomic E-state index is -4.42. The highest BCUT2D eigenvalue weighted by molar-refractivity contribution is 5.51. The summed E-state index contributed by atoms with van der Waals surface area (Å²) in [6.07, 6.45) is -3.23.